The largest absolute Gasteiger partial charge is 0.497 e. The Bertz CT molecular complexity index is 1020. The highest BCUT2D eigenvalue weighted by molar-refractivity contribution is 6.05. The summed E-state index contributed by atoms with van der Waals surface area (Å²) < 4.78 is 10.8. The maximum absolute atomic E-state index is 13.1. The van der Waals surface area contributed by atoms with E-state index in [1.54, 1.807) is 29.2 Å². The van der Waals surface area contributed by atoms with Gasteiger partial charge in [0.1, 0.15) is 5.75 Å². The van der Waals surface area contributed by atoms with Crippen LogP contribution in [0.4, 0.5) is 5.69 Å². The summed E-state index contributed by atoms with van der Waals surface area (Å²) in [7, 11) is 1.53. The third kappa shape index (κ3) is 3.34. The van der Waals surface area contributed by atoms with E-state index in [1.807, 2.05) is 54.6 Å². The number of anilines is 1. The predicted octanol–water partition coefficient (Wildman–Crippen LogP) is 4.14. The second kappa shape index (κ2) is 7.56. The summed E-state index contributed by atoms with van der Waals surface area (Å²) in [6, 6.07) is 23.8. The Kier molecular flexibility index (Phi) is 4.81. The lowest BCUT2D eigenvalue weighted by molar-refractivity contribution is -0.126. The molecular weight excluding hydrogens is 354 g/mol. The van der Waals surface area contributed by atoms with E-state index in [2.05, 4.69) is 0 Å². The Morgan fingerprint density at radius 1 is 0.964 bits per heavy atom. The number of ether oxygens (including phenoxy) is 2. The normalized spacial score (nSPS) is 15.2. The van der Waals surface area contributed by atoms with Gasteiger partial charge in [0.05, 0.1) is 24.9 Å². The number of benzene rings is 3. The van der Waals surface area contributed by atoms with Gasteiger partial charge < -0.3 is 14.4 Å². The van der Waals surface area contributed by atoms with Crippen LogP contribution in [-0.2, 0) is 16.1 Å². The molecule has 140 valence electrons. The predicted molar refractivity (Wildman–Crippen MR) is 105 cm³/mol. The van der Waals surface area contributed by atoms with Gasteiger partial charge in [0.25, 0.3) is 5.91 Å². The molecule has 0 bridgehead atoms. The van der Waals surface area contributed by atoms with E-state index in [0.29, 0.717) is 23.4 Å². The molecule has 1 atom stereocenters. The SMILES string of the molecule is COc1cccc(C(=O)OC2C(=O)N(Cc3ccccc3)c3ccccc32)c1. The lowest BCUT2D eigenvalue weighted by atomic mass is 10.1. The molecule has 28 heavy (non-hydrogen) atoms. The first-order valence-corrected chi connectivity index (χ1v) is 8.96. The smallest absolute Gasteiger partial charge is 0.339 e. The van der Waals surface area contributed by atoms with E-state index in [4.69, 9.17) is 9.47 Å². The number of carbonyl (C=O) groups is 2. The lowest BCUT2D eigenvalue weighted by Crippen LogP contribution is -2.30. The second-order valence-corrected chi connectivity index (χ2v) is 6.49. The third-order valence-electron chi connectivity index (χ3n) is 4.71. The van der Waals surface area contributed by atoms with Crippen LogP contribution < -0.4 is 9.64 Å². The molecule has 0 aromatic heterocycles. The van der Waals surface area contributed by atoms with Crippen LogP contribution in [0.25, 0.3) is 0 Å². The average molecular weight is 373 g/mol. The molecular formula is C23H19NO4. The minimum atomic E-state index is -0.960. The first-order chi connectivity index (χ1) is 13.7. The number of hydrogen-bond acceptors (Lipinski definition) is 4. The van der Waals surface area contributed by atoms with Crippen LogP contribution in [0.5, 0.6) is 5.75 Å². The van der Waals surface area contributed by atoms with Crippen molar-refractivity contribution >= 4 is 17.6 Å². The number of carbonyl (C=O) groups excluding carboxylic acids is 2. The maximum Gasteiger partial charge on any atom is 0.339 e. The fourth-order valence-corrected chi connectivity index (χ4v) is 3.32. The van der Waals surface area contributed by atoms with E-state index < -0.39 is 12.1 Å². The van der Waals surface area contributed by atoms with Gasteiger partial charge in [0.2, 0.25) is 6.10 Å². The second-order valence-electron chi connectivity index (χ2n) is 6.49. The number of amides is 1. The number of para-hydroxylation sites is 1. The zero-order valence-corrected chi connectivity index (χ0v) is 15.4. The van der Waals surface area contributed by atoms with E-state index >= 15 is 0 Å². The van der Waals surface area contributed by atoms with Crippen LogP contribution in [0.1, 0.15) is 27.6 Å². The highest BCUT2D eigenvalue weighted by Gasteiger charge is 2.39. The Hall–Kier alpha value is -3.60. The van der Waals surface area contributed by atoms with Gasteiger partial charge in [-0.05, 0) is 29.8 Å². The zero-order valence-electron chi connectivity index (χ0n) is 15.4. The molecule has 1 amide bonds. The molecule has 5 nitrogen and oxygen atoms in total. The summed E-state index contributed by atoms with van der Waals surface area (Å²) in [6.45, 7) is 0.421. The minimum absolute atomic E-state index is 0.249. The van der Waals surface area contributed by atoms with Crippen LogP contribution >= 0.6 is 0 Å². The Balaban J connectivity index is 1.60. The van der Waals surface area contributed by atoms with Gasteiger partial charge in [0.15, 0.2) is 0 Å². The van der Waals surface area contributed by atoms with Crippen LogP contribution in [0.3, 0.4) is 0 Å². The minimum Gasteiger partial charge on any atom is -0.497 e. The molecule has 0 aliphatic carbocycles. The molecule has 0 saturated carbocycles. The Morgan fingerprint density at radius 3 is 2.50 bits per heavy atom. The van der Waals surface area contributed by atoms with Crippen molar-refractivity contribution in [3.05, 3.63) is 95.6 Å². The highest BCUT2D eigenvalue weighted by atomic mass is 16.5. The number of hydrogen-bond donors (Lipinski definition) is 0. The molecule has 5 heteroatoms. The van der Waals surface area contributed by atoms with Gasteiger partial charge in [-0.15, -0.1) is 0 Å². The summed E-state index contributed by atoms with van der Waals surface area (Å²) in [5.41, 5.74) is 2.80. The molecule has 4 rings (SSSR count). The molecule has 3 aromatic rings. The van der Waals surface area contributed by atoms with E-state index in [0.717, 1.165) is 11.3 Å². The number of esters is 1. The van der Waals surface area contributed by atoms with Crippen molar-refractivity contribution in [1.29, 1.82) is 0 Å². The van der Waals surface area contributed by atoms with Gasteiger partial charge in [-0.25, -0.2) is 4.79 Å². The number of methoxy groups -OCH3 is 1. The standard InChI is InChI=1S/C23H19NO4/c1-27-18-11-7-10-17(14-18)23(26)28-21-19-12-5-6-13-20(19)24(22(21)25)15-16-8-3-2-4-9-16/h2-14,21H,15H2,1H3. The Labute approximate surface area is 163 Å². The van der Waals surface area contributed by atoms with Crippen LogP contribution in [0, 0.1) is 0 Å². The van der Waals surface area contributed by atoms with E-state index in [-0.39, 0.29) is 5.91 Å². The molecule has 0 fully saturated rings. The quantitative estimate of drug-likeness (QED) is 0.631. The number of fused-ring (bicyclic) bond motifs is 1. The molecule has 1 unspecified atom stereocenters. The fraction of sp³-hybridized carbons (Fsp3) is 0.130. The average Bonchev–Trinajstić information content (AvgIpc) is 3.00. The van der Waals surface area contributed by atoms with Crippen molar-refractivity contribution in [1.82, 2.24) is 0 Å². The van der Waals surface area contributed by atoms with Crippen molar-refractivity contribution in [2.45, 2.75) is 12.6 Å². The molecule has 0 saturated heterocycles. The van der Waals surface area contributed by atoms with Gasteiger partial charge in [-0.3, -0.25) is 4.79 Å². The van der Waals surface area contributed by atoms with Crippen molar-refractivity contribution in [2.75, 3.05) is 12.0 Å². The van der Waals surface area contributed by atoms with Crippen molar-refractivity contribution in [3.63, 3.8) is 0 Å². The molecule has 1 aliphatic heterocycles. The summed E-state index contributed by atoms with van der Waals surface area (Å²) >= 11 is 0. The third-order valence-corrected chi connectivity index (χ3v) is 4.71. The summed E-state index contributed by atoms with van der Waals surface area (Å²) in [4.78, 5) is 27.4. The molecule has 1 aliphatic rings. The van der Waals surface area contributed by atoms with Gasteiger partial charge in [0, 0.05) is 5.56 Å². The van der Waals surface area contributed by atoms with Crippen LogP contribution in [-0.4, -0.2) is 19.0 Å². The number of nitrogens with zero attached hydrogens (tertiary/aromatic N) is 1. The van der Waals surface area contributed by atoms with Crippen molar-refractivity contribution in [3.8, 4) is 5.75 Å². The Morgan fingerprint density at radius 2 is 1.71 bits per heavy atom. The van der Waals surface area contributed by atoms with Crippen LogP contribution in [0.2, 0.25) is 0 Å². The maximum atomic E-state index is 13.1. The summed E-state index contributed by atoms with van der Waals surface area (Å²) in [6.07, 6.45) is -0.960. The highest BCUT2D eigenvalue weighted by Crippen LogP contribution is 2.39. The topological polar surface area (TPSA) is 55.8 Å². The molecule has 0 radical (unpaired) electrons. The number of rotatable bonds is 5. The lowest BCUT2D eigenvalue weighted by Gasteiger charge is -2.18. The van der Waals surface area contributed by atoms with E-state index in [9.17, 15) is 9.59 Å². The van der Waals surface area contributed by atoms with Crippen LogP contribution in [0.15, 0.2) is 78.9 Å². The van der Waals surface area contributed by atoms with Crippen molar-refractivity contribution < 1.29 is 19.1 Å². The molecule has 0 N–H and O–H groups in total. The summed E-state index contributed by atoms with van der Waals surface area (Å²) in [5.74, 6) is -0.256. The fourth-order valence-electron chi connectivity index (χ4n) is 3.32. The van der Waals surface area contributed by atoms with Gasteiger partial charge >= 0.3 is 5.97 Å². The van der Waals surface area contributed by atoms with Gasteiger partial charge in [-0.1, -0.05) is 54.6 Å². The molecule has 0 spiro atoms. The van der Waals surface area contributed by atoms with E-state index in [1.165, 1.54) is 7.11 Å². The van der Waals surface area contributed by atoms with Gasteiger partial charge in [-0.2, -0.15) is 0 Å². The molecule has 3 aromatic carbocycles. The molecule has 1 heterocycles. The first-order valence-electron chi connectivity index (χ1n) is 8.96. The monoisotopic (exact) mass is 373 g/mol. The zero-order chi connectivity index (χ0) is 19.5. The van der Waals surface area contributed by atoms with Crippen molar-refractivity contribution in [2.24, 2.45) is 0 Å². The summed E-state index contributed by atoms with van der Waals surface area (Å²) in [5, 5.41) is 0. The first kappa shape index (κ1) is 17.8.